The van der Waals surface area contributed by atoms with Crippen molar-refractivity contribution in [3.8, 4) is 11.5 Å². The van der Waals surface area contributed by atoms with Gasteiger partial charge in [0.25, 0.3) is 0 Å². The fourth-order valence-electron chi connectivity index (χ4n) is 4.61. The maximum absolute atomic E-state index is 11.3. The van der Waals surface area contributed by atoms with Gasteiger partial charge in [-0.25, -0.2) is 0 Å². The van der Waals surface area contributed by atoms with Gasteiger partial charge >= 0.3 is 5.97 Å². The topological polar surface area (TPSA) is 35.5 Å². The predicted octanol–water partition coefficient (Wildman–Crippen LogP) is 8.63. The lowest BCUT2D eigenvalue weighted by Crippen LogP contribution is -2.23. The molecule has 3 heteroatoms. The molecule has 0 spiro atoms. The molecule has 2 aromatic rings. The molecular formula is C30H44O3. The third kappa shape index (κ3) is 9.23. The molecule has 0 fully saturated rings. The summed E-state index contributed by atoms with van der Waals surface area (Å²) in [6, 6.07) is 16.4. The van der Waals surface area contributed by atoms with Gasteiger partial charge in [-0.3, -0.25) is 4.79 Å². The minimum atomic E-state index is -0.290. The lowest BCUT2D eigenvalue weighted by Gasteiger charge is -2.31. The fraction of sp³-hybridized carbons (Fsp3) is 0.567. The molecule has 3 nitrogen and oxygen atoms in total. The Morgan fingerprint density at radius 2 is 1.12 bits per heavy atom. The highest BCUT2D eigenvalue weighted by molar-refractivity contribution is 5.69. The minimum absolute atomic E-state index is 0.0969. The average Bonchev–Trinajstić information content (AvgIpc) is 2.82. The van der Waals surface area contributed by atoms with Crippen LogP contribution in [0.5, 0.6) is 11.5 Å². The Morgan fingerprint density at radius 3 is 1.55 bits per heavy atom. The van der Waals surface area contributed by atoms with Crippen LogP contribution < -0.4 is 9.47 Å². The van der Waals surface area contributed by atoms with Crippen molar-refractivity contribution in [3.63, 3.8) is 0 Å². The number of unbranched alkanes of at least 4 members (excludes halogenated alkanes) is 10. The van der Waals surface area contributed by atoms with Gasteiger partial charge in [0.2, 0.25) is 0 Å². The maximum atomic E-state index is 11.3. The van der Waals surface area contributed by atoms with E-state index in [1.165, 1.54) is 88.7 Å². The zero-order valence-electron chi connectivity index (χ0n) is 21.3. The number of hydrogen-bond donors (Lipinski definition) is 0. The van der Waals surface area contributed by atoms with Crippen LogP contribution in [0.2, 0.25) is 0 Å². The molecule has 1 unspecified atom stereocenters. The third-order valence-electron chi connectivity index (χ3n) is 6.76. The van der Waals surface area contributed by atoms with Crippen LogP contribution in [-0.4, -0.2) is 13.1 Å². The molecule has 2 rings (SSSR count). The van der Waals surface area contributed by atoms with E-state index in [0.29, 0.717) is 5.75 Å². The van der Waals surface area contributed by atoms with Gasteiger partial charge < -0.3 is 9.47 Å². The summed E-state index contributed by atoms with van der Waals surface area (Å²) in [5.41, 5.74) is 2.44. The van der Waals surface area contributed by atoms with Crippen molar-refractivity contribution in [2.24, 2.45) is 0 Å². The molecule has 0 aliphatic carbocycles. The fourth-order valence-corrected chi connectivity index (χ4v) is 4.61. The van der Waals surface area contributed by atoms with Crippen LogP contribution in [-0.2, 0) is 10.2 Å². The van der Waals surface area contributed by atoms with Gasteiger partial charge in [-0.1, -0.05) is 109 Å². The van der Waals surface area contributed by atoms with E-state index in [0.717, 1.165) is 12.2 Å². The summed E-state index contributed by atoms with van der Waals surface area (Å²) in [5.74, 6) is 1.18. The first-order valence-corrected chi connectivity index (χ1v) is 12.9. The molecule has 0 bridgehead atoms. The van der Waals surface area contributed by atoms with Crippen LogP contribution in [0.15, 0.2) is 48.5 Å². The summed E-state index contributed by atoms with van der Waals surface area (Å²) in [4.78, 5) is 11.3. The summed E-state index contributed by atoms with van der Waals surface area (Å²) in [6.07, 6.45) is 15.9. The Kier molecular flexibility index (Phi) is 12.1. The molecule has 0 saturated carbocycles. The van der Waals surface area contributed by atoms with Gasteiger partial charge in [0.15, 0.2) is 0 Å². The smallest absolute Gasteiger partial charge is 0.308 e. The molecule has 0 saturated heterocycles. The quantitative estimate of drug-likeness (QED) is 0.145. The normalized spacial score (nSPS) is 12.8. The van der Waals surface area contributed by atoms with E-state index in [-0.39, 0.29) is 11.4 Å². The van der Waals surface area contributed by atoms with Crippen LogP contribution in [0.3, 0.4) is 0 Å². The number of esters is 1. The first-order valence-electron chi connectivity index (χ1n) is 12.9. The van der Waals surface area contributed by atoms with E-state index in [2.05, 4.69) is 38.1 Å². The molecular weight excluding hydrogens is 408 g/mol. The number of carbonyl (C=O) groups is 1. The van der Waals surface area contributed by atoms with Crippen molar-refractivity contribution in [1.29, 1.82) is 0 Å². The third-order valence-corrected chi connectivity index (χ3v) is 6.76. The van der Waals surface area contributed by atoms with E-state index < -0.39 is 0 Å². The van der Waals surface area contributed by atoms with Crippen LogP contribution in [0.1, 0.15) is 109 Å². The van der Waals surface area contributed by atoms with Gasteiger partial charge in [0.1, 0.15) is 11.5 Å². The van der Waals surface area contributed by atoms with Gasteiger partial charge in [0, 0.05) is 12.3 Å². The summed E-state index contributed by atoms with van der Waals surface area (Å²) in [5, 5.41) is 0. The molecule has 0 N–H and O–H groups in total. The molecule has 2 aromatic carbocycles. The van der Waals surface area contributed by atoms with Crippen molar-refractivity contribution in [3.05, 3.63) is 59.7 Å². The van der Waals surface area contributed by atoms with E-state index >= 15 is 0 Å². The highest BCUT2D eigenvalue weighted by Crippen LogP contribution is 2.38. The largest absolute Gasteiger partial charge is 0.497 e. The predicted molar refractivity (Wildman–Crippen MR) is 138 cm³/mol. The second kappa shape index (κ2) is 14.8. The van der Waals surface area contributed by atoms with E-state index in [9.17, 15) is 4.79 Å². The lowest BCUT2D eigenvalue weighted by atomic mass is 9.72. The Bertz CT molecular complexity index is 794. The monoisotopic (exact) mass is 452 g/mol. The Balaban J connectivity index is 1.93. The van der Waals surface area contributed by atoms with Crippen LogP contribution in [0.25, 0.3) is 0 Å². The standard InChI is InChI=1S/C30H44O3/c1-5-6-7-8-9-10-11-12-13-14-15-24-30(3,26-16-20-28(32-4)21-17-26)27-18-22-29(23-19-27)33-25(2)31/h16-23H,5-15,24H2,1-4H3. The maximum Gasteiger partial charge on any atom is 0.308 e. The van der Waals surface area contributed by atoms with Crippen LogP contribution in [0.4, 0.5) is 0 Å². The van der Waals surface area contributed by atoms with E-state index in [1.807, 2.05) is 24.3 Å². The van der Waals surface area contributed by atoms with Gasteiger partial charge in [-0.2, -0.15) is 0 Å². The minimum Gasteiger partial charge on any atom is -0.497 e. The first-order chi connectivity index (χ1) is 16.0. The average molecular weight is 453 g/mol. The molecule has 0 aromatic heterocycles. The summed E-state index contributed by atoms with van der Waals surface area (Å²) in [6.45, 7) is 6.03. The number of rotatable bonds is 16. The number of carbonyl (C=O) groups excluding carboxylic acids is 1. The van der Waals surface area contributed by atoms with Crippen molar-refractivity contribution in [1.82, 2.24) is 0 Å². The van der Waals surface area contributed by atoms with Gasteiger partial charge in [-0.15, -0.1) is 0 Å². The second-order valence-electron chi connectivity index (χ2n) is 9.46. The van der Waals surface area contributed by atoms with Crippen molar-refractivity contribution in [2.45, 2.75) is 103 Å². The molecule has 1 atom stereocenters. The lowest BCUT2D eigenvalue weighted by molar-refractivity contribution is -0.131. The van der Waals surface area contributed by atoms with Gasteiger partial charge in [-0.05, 0) is 41.8 Å². The molecule has 0 radical (unpaired) electrons. The zero-order chi connectivity index (χ0) is 23.9. The highest BCUT2D eigenvalue weighted by atomic mass is 16.5. The SMILES string of the molecule is CCCCCCCCCCCCCC(C)(c1ccc(OC)cc1)c1ccc(OC(C)=O)cc1. The zero-order valence-corrected chi connectivity index (χ0v) is 21.3. The molecule has 0 amide bonds. The Hall–Kier alpha value is -2.29. The Morgan fingerprint density at radius 1 is 0.697 bits per heavy atom. The molecule has 0 aliphatic rings. The van der Waals surface area contributed by atoms with Crippen LogP contribution in [0, 0.1) is 0 Å². The summed E-state index contributed by atoms with van der Waals surface area (Å²) >= 11 is 0. The Labute approximate surface area is 201 Å². The molecule has 0 heterocycles. The van der Waals surface area contributed by atoms with Crippen LogP contribution >= 0.6 is 0 Å². The number of methoxy groups -OCH3 is 1. The summed E-state index contributed by atoms with van der Waals surface area (Å²) in [7, 11) is 1.70. The van der Waals surface area contributed by atoms with E-state index in [1.54, 1.807) is 7.11 Å². The molecule has 33 heavy (non-hydrogen) atoms. The van der Waals surface area contributed by atoms with E-state index in [4.69, 9.17) is 9.47 Å². The molecule has 182 valence electrons. The van der Waals surface area contributed by atoms with Crippen molar-refractivity contribution < 1.29 is 14.3 Å². The van der Waals surface area contributed by atoms with Gasteiger partial charge in [0.05, 0.1) is 7.11 Å². The second-order valence-corrected chi connectivity index (χ2v) is 9.46. The first kappa shape index (κ1) is 27.0. The number of benzene rings is 2. The van der Waals surface area contributed by atoms with Crippen molar-refractivity contribution in [2.75, 3.05) is 7.11 Å². The number of hydrogen-bond acceptors (Lipinski definition) is 3. The summed E-state index contributed by atoms with van der Waals surface area (Å²) < 4.78 is 10.6. The number of ether oxygens (including phenoxy) is 2. The highest BCUT2D eigenvalue weighted by Gasteiger charge is 2.28. The van der Waals surface area contributed by atoms with Crippen molar-refractivity contribution >= 4 is 5.97 Å². The molecule has 0 aliphatic heterocycles.